The molecule has 0 spiro atoms. The molecule has 0 aromatic rings. The van der Waals surface area contributed by atoms with Gasteiger partial charge in [-0.25, -0.2) is 4.79 Å². The molecule has 1 atom stereocenters. The summed E-state index contributed by atoms with van der Waals surface area (Å²) in [5.41, 5.74) is 5.11. The highest BCUT2D eigenvalue weighted by atomic mass is 16.4. The Morgan fingerprint density at radius 1 is 1.18 bits per heavy atom. The van der Waals surface area contributed by atoms with E-state index in [1.165, 1.54) is 0 Å². The standard InChI is InChI=1S/C12H24N2O3/c1-2-3-4-7-10(14-12(13)17)8-5-6-9-11(15)16/h10H,2-9H2,1H3,(H,15,16)(H3,13,14,17). The van der Waals surface area contributed by atoms with E-state index in [-0.39, 0.29) is 12.5 Å². The van der Waals surface area contributed by atoms with Crippen LogP contribution in [0.4, 0.5) is 4.79 Å². The molecule has 17 heavy (non-hydrogen) atoms. The van der Waals surface area contributed by atoms with E-state index >= 15 is 0 Å². The van der Waals surface area contributed by atoms with E-state index in [0.717, 1.165) is 38.5 Å². The lowest BCUT2D eigenvalue weighted by Gasteiger charge is -2.17. The fourth-order valence-electron chi connectivity index (χ4n) is 1.80. The number of primary amides is 1. The molecule has 0 aliphatic carbocycles. The molecule has 0 saturated carbocycles. The predicted molar refractivity (Wildman–Crippen MR) is 66.8 cm³/mol. The second-order valence-corrected chi connectivity index (χ2v) is 4.34. The van der Waals surface area contributed by atoms with E-state index in [2.05, 4.69) is 12.2 Å². The molecule has 1 unspecified atom stereocenters. The van der Waals surface area contributed by atoms with Gasteiger partial charge in [-0.2, -0.15) is 0 Å². The fraction of sp³-hybridized carbons (Fsp3) is 0.833. The SMILES string of the molecule is CCCCCC(CCCCC(=O)O)NC(N)=O. The van der Waals surface area contributed by atoms with Crippen LogP contribution in [-0.2, 0) is 4.79 Å². The number of hydrogen-bond donors (Lipinski definition) is 3. The minimum atomic E-state index is -0.768. The van der Waals surface area contributed by atoms with Crippen LogP contribution in [0.1, 0.15) is 58.3 Å². The summed E-state index contributed by atoms with van der Waals surface area (Å²) in [7, 11) is 0. The monoisotopic (exact) mass is 244 g/mol. The van der Waals surface area contributed by atoms with Crippen molar-refractivity contribution in [3.63, 3.8) is 0 Å². The van der Waals surface area contributed by atoms with Gasteiger partial charge in [0.05, 0.1) is 0 Å². The second kappa shape index (κ2) is 9.93. The van der Waals surface area contributed by atoms with E-state index in [4.69, 9.17) is 10.8 Å². The van der Waals surface area contributed by atoms with Gasteiger partial charge in [-0.1, -0.05) is 32.6 Å². The highest BCUT2D eigenvalue weighted by molar-refractivity contribution is 5.71. The lowest BCUT2D eigenvalue weighted by atomic mass is 10.0. The van der Waals surface area contributed by atoms with Crippen LogP contribution in [0.3, 0.4) is 0 Å². The normalized spacial score (nSPS) is 12.1. The van der Waals surface area contributed by atoms with E-state index in [0.29, 0.717) is 6.42 Å². The van der Waals surface area contributed by atoms with Gasteiger partial charge in [-0.15, -0.1) is 0 Å². The van der Waals surface area contributed by atoms with Crippen LogP contribution in [0.15, 0.2) is 0 Å². The zero-order valence-corrected chi connectivity index (χ0v) is 10.6. The molecular weight excluding hydrogens is 220 g/mol. The number of amides is 2. The predicted octanol–water partition coefficient (Wildman–Crippen LogP) is 2.25. The summed E-state index contributed by atoms with van der Waals surface area (Å²) in [6.45, 7) is 2.13. The average molecular weight is 244 g/mol. The third kappa shape index (κ3) is 11.0. The molecule has 0 aromatic carbocycles. The Hall–Kier alpha value is -1.26. The molecule has 0 saturated heterocycles. The number of carbonyl (C=O) groups is 2. The molecule has 5 nitrogen and oxygen atoms in total. The van der Waals surface area contributed by atoms with Gasteiger partial charge >= 0.3 is 12.0 Å². The summed E-state index contributed by atoms with van der Waals surface area (Å²) < 4.78 is 0. The number of carboxylic acids is 1. The van der Waals surface area contributed by atoms with Crippen molar-refractivity contribution in [3.8, 4) is 0 Å². The fourth-order valence-corrected chi connectivity index (χ4v) is 1.80. The van der Waals surface area contributed by atoms with Crippen LogP contribution < -0.4 is 11.1 Å². The van der Waals surface area contributed by atoms with Crippen LogP contribution in [0.25, 0.3) is 0 Å². The number of nitrogens with two attached hydrogens (primary N) is 1. The topological polar surface area (TPSA) is 92.4 Å². The minimum Gasteiger partial charge on any atom is -0.481 e. The summed E-state index contributed by atoms with van der Waals surface area (Å²) in [4.78, 5) is 21.1. The van der Waals surface area contributed by atoms with Crippen LogP contribution in [0, 0.1) is 0 Å². The van der Waals surface area contributed by atoms with Gasteiger partial charge in [0.25, 0.3) is 0 Å². The highest BCUT2D eigenvalue weighted by Gasteiger charge is 2.10. The largest absolute Gasteiger partial charge is 0.481 e. The quantitative estimate of drug-likeness (QED) is 0.514. The first-order valence-corrected chi connectivity index (χ1v) is 6.34. The van der Waals surface area contributed by atoms with Crippen LogP contribution in [0.5, 0.6) is 0 Å². The van der Waals surface area contributed by atoms with Gasteiger partial charge in [0, 0.05) is 12.5 Å². The molecule has 2 amide bonds. The first kappa shape index (κ1) is 15.7. The molecule has 0 heterocycles. The molecular formula is C12H24N2O3. The van der Waals surface area contributed by atoms with Crippen molar-refractivity contribution in [2.75, 3.05) is 0 Å². The Morgan fingerprint density at radius 3 is 2.24 bits per heavy atom. The number of urea groups is 1. The number of aliphatic carboxylic acids is 1. The van der Waals surface area contributed by atoms with Crippen LogP contribution in [0.2, 0.25) is 0 Å². The Kier molecular flexibility index (Phi) is 9.19. The van der Waals surface area contributed by atoms with E-state index in [9.17, 15) is 9.59 Å². The Labute approximate surface area is 103 Å². The molecule has 100 valence electrons. The first-order chi connectivity index (χ1) is 8.06. The summed E-state index contributed by atoms with van der Waals surface area (Å²) in [6.07, 6.45) is 6.74. The number of unbranched alkanes of at least 4 members (excludes halogenated alkanes) is 3. The van der Waals surface area contributed by atoms with Crippen molar-refractivity contribution in [2.24, 2.45) is 5.73 Å². The van der Waals surface area contributed by atoms with Gasteiger partial charge in [-0.3, -0.25) is 4.79 Å². The number of nitrogens with one attached hydrogen (secondary N) is 1. The Morgan fingerprint density at radius 2 is 1.76 bits per heavy atom. The average Bonchev–Trinajstić information content (AvgIpc) is 2.23. The molecule has 0 rings (SSSR count). The molecule has 4 N–H and O–H groups in total. The molecule has 0 aliphatic heterocycles. The Bertz CT molecular complexity index is 232. The van der Waals surface area contributed by atoms with E-state index in [1.54, 1.807) is 0 Å². The smallest absolute Gasteiger partial charge is 0.312 e. The van der Waals surface area contributed by atoms with Crippen LogP contribution >= 0.6 is 0 Å². The summed E-state index contributed by atoms with van der Waals surface area (Å²) >= 11 is 0. The van der Waals surface area contributed by atoms with Crippen molar-refractivity contribution in [2.45, 2.75) is 64.3 Å². The van der Waals surface area contributed by atoms with E-state index in [1.807, 2.05) is 0 Å². The van der Waals surface area contributed by atoms with Gasteiger partial charge in [0.2, 0.25) is 0 Å². The maximum atomic E-state index is 10.8. The van der Waals surface area contributed by atoms with Gasteiger partial charge in [0.1, 0.15) is 0 Å². The van der Waals surface area contributed by atoms with Crippen molar-refractivity contribution < 1.29 is 14.7 Å². The zero-order chi connectivity index (χ0) is 13.1. The summed E-state index contributed by atoms with van der Waals surface area (Å²) in [6, 6.07) is -0.405. The lowest BCUT2D eigenvalue weighted by Crippen LogP contribution is -2.38. The lowest BCUT2D eigenvalue weighted by molar-refractivity contribution is -0.137. The molecule has 0 bridgehead atoms. The maximum absolute atomic E-state index is 10.8. The molecule has 0 aliphatic rings. The molecule has 0 aromatic heterocycles. The molecule has 5 heteroatoms. The van der Waals surface area contributed by atoms with Crippen molar-refractivity contribution in [1.82, 2.24) is 5.32 Å². The van der Waals surface area contributed by atoms with Crippen molar-refractivity contribution in [1.29, 1.82) is 0 Å². The number of hydrogen-bond acceptors (Lipinski definition) is 2. The van der Waals surface area contributed by atoms with Crippen molar-refractivity contribution >= 4 is 12.0 Å². The highest BCUT2D eigenvalue weighted by Crippen LogP contribution is 2.11. The van der Waals surface area contributed by atoms with E-state index < -0.39 is 12.0 Å². The van der Waals surface area contributed by atoms with Gasteiger partial charge in [0.15, 0.2) is 0 Å². The maximum Gasteiger partial charge on any atom is 0.312 e. The third-order valence-corrected chi connectivity index (χ3v) is 2.70. The van der Waals surface area contributed by atoms with Crippen molar-refractivity contribution in [3.05, 3.63) is 0 Å². The third-order valence-electron chi connectivity index (χ3n) is 2.70. The number of carbonyl (C=O) groups excluding carboxylic acids is 1. The van der Waals surface area contributed by atoms with Gasteiger partial charge < -0.3 is 16.2 Å². The number of rotatable bonds is 10. The zero-order valence-electron chi connectivity index (χ0n) is 10.6. The Balaban J connectivity index is 3.76. The number of carboxylic acid groups (broad SMARTS) is 1. The first-order valence-electron chi connectivity index (χ1n) is 6.34. The minimum absolute atomic E-state index is 0.0906. The summed E-state index contributed by atoms with van der Waals surface area (Å²) in [5.74, 6) is -0.768. The molecule has 0 radical (unpaired) electrons. The second-order valence-electron chi connectivity index (χ2n) is 4.34. The van der Waals surface area contributed by atoms with Crippen LogP contribution in [-0.4, -0.2) is 23.1 Å². The molecule has 0 fully saturated rings. The van der Waals surface area contributed by atoms with Gasteiger partial charge in [-0.05, 0) is 19.3 Å². The summed E-state index contributed by atoms with van der Waals surface area (Å²) in [5, 5.41) is 11.2.